The van der Waals surface area contributed by atoms with Crippen molar-refractivity contribution in [3.05, 3.63) is 71.9 Å². The summed E-state index contributed by atoms with van der Waals surface area (Å²) >= 11 is 0. The van der Waals surface area contributed by atoms with Crippen LogP contribution in [0.2, 0.25) is 0 Å². The summed E-state index contributed by atoms with van der Waals surface area (Å²) in [5, 5.41) is 7.47. The van der Waals surface area contributed by atoms with Gasteiger partial charge in [0.25, 0.3) is 5.91 Å². The highest BCUT2D eigenvalue weighted by Gasteiger charge is 2.21. The summed E-state index contributed by atoms with van der Waals surface area (Å²) in [4.78, 5) is 14.2. The lowest BCUT2D eigenvalue weighted by Gasteiger charge is -2.26. The summed E-state index contributed by atoms with van der Waals surface area (Å²) in [6.07, 6.45) is 1.23. The number of aromatic nitrogens is 2. The molecule has 2 aromatic carbocycles. The quantitative estimate of drug-likeness (QED) is 0.734. The lowest BCUT2D eigenvalue weighted by molar-refractivity contribution is 0.0740. The molecule has 0 spiro atoms. The minimum Gasteiger partial charge on any atom is -0.423 e. The van der Waals surface area contributed by atoms with Gasteiger partial charge < -0.3 is 9.32 Å². The van der Waals surface area contributed by atoms with Crippen LogP contribution in [0.4, 0.5) is 4.39 Å². The third-order valence-corrected chi connectivity index (χ3v) is 3.97. The SMILES string of the molecule is C[C@H](c1ccccc1F)N(C)C(=O)c1cccc(-c2nnco2)c1. The number of carbonyl (C=O) groups is 1. The second kappa shape index (κ2) is 6.62. The van der Waals surface area contributed by atoms with Crippen molar-refractivity contribution in [3.63, 3.8) is 0 Å². The third kappa shape index (κ3) is 3.03. The minimum absolute atomic E-state index is 0.216. The Morgan fingerprint density at radius 1 is 1.21 bits per heavy atom. The summed E-state index contributed by atoms with van der Waals surface area (Å²) in [5.41, 5.74) is 1.60. The van der Waals surface area contributed by atoms with Gasteiger partial charge >= 0.3 is 0 Å². The molecule has 0 saturated carbocycles. The molecule has 1 atom stereocenters. The zero-order chi connectivity index (χ0) is 17.1. The Balaban J connectivity index is 1.86. The molecular formula is C18H16FN3O2. The van der Waals surface area contributed by atoms with Gasteiger partial charge in [0.1, 0.15) is 5.82 Å². The van der Waals surface area contributed by atoms with Gasteiger partial charge in [0.05, 0.1) is 6.04 Å². The number of amides is 1. The molecule has 0 aliphatic heterocycles. The molecule has 0 aliphatic carbocycles. The van der Waals surface area contributed by atoms with Gasteiger partial charge in [-0.15, -0.1) is 10.2 Å². The molecule has 0 fully saturated rings. The summed E-state index contributed by atoms with van der Waals surface area (Å²) in [5.74, 6) is -0.203. The molecule has 0 N–H and O–H groups in total. The van der Waals surface area contributed by atoms with E-state index in [1.165, 1.54) is 17.4 Å². The van der Waals surface area contributed by atoms with Gasteiger partial charge in [0, 0.05) is 23.7 Å². The van der Waals surface area contributed by atoms with Gasteiger partial charge in [-0.2, -0.15) is 0 Å². The lowest BCUT2D eigenvalue weighted by atomic mass is 10.0. The Labute approximate surface area is 138 Å². The first-order chi connectivity index (χ1) is 11.6. The summed E-state index contributed by atoms with van der Waals surface area (Å²) in [6.45, 7) is 1.79. The van der Waals surface area contributed by atoms with E-state index in [0.717, 1.165) is 0 Å². The molecule has 3 rings (SSSR count). The second-order valence-electron chi connectivity index (χ2n) is 5.44. The van der Waals surface area contributed by atoms with Crippen LogP contribution < -0.4 is 0 Å². The molecule has 1 heterocycles. The van der Waals surface area contributed by atoms with Crippen LogP contribution in [0, 0.1) is 5.82 Å². The van der Waals surface area contributed by atoms with E-state index in [1.807, 2.05) is 0 Å². The zero-order valence-electron chi connectivity index (χ0n) is 13.3. The van der Waals surface area contributed by atoms with Crippen LogP contribution in [0.3, 0.4) is 0 Å². The largest absolute Gasteiger partial charge is 0.423 e. The first-order valence-corrected chi connectivity index (χ1v) is 7.46. The van der Waals surface area contributed by atoms with Gasteiger partial charge in [0.15, 0.2) is 0 Å². The topological polar surface area (TPSA) is 59.2 Å². The van der Waals surface area contributed by atoms with E-state index in [-0.39, 0.29) is 11.7 Å². The number of hydrogen-bond acceptors (Lipinski definition) is 4. The molecule has 0 bridgehead atoms. The number of halogens is 1. The van der Waals surface area contributed by atoms with Crippen molar-refractivity contribution >= 4 is 5.91 Å². The second-order valence-corrected chi connectivity index (χ2v) is 5.44. The van der Waals surface area contributed by atoms with Crippen molar-refractivity contribution in [2.75, 3.05) is 7.05 Å². The van der Waals surface area contributed by atoms with Crippen molar-refractivity contribution in [1.82, 2.24) is 15.1 Å². The third-order valence-electron chi connectivity index (χ3n) is 3.97. The van der Waals surface area contributed by atoms with Crippen LogP contribution in [0.15, 0.2) is 59.3 Å². The standard InChI is InChI=1S/C18H16FN3O2/c1-12(15-8-3-4-9-16(15)19)22(2)18(23)14-7-5-6-13(10-14)17-21-20-11-24-17/h3-12H,1-2H3/t12-/m1/s1. The van der Waals surface area contributed by atoms with Crippen molar-refractivity contribution in [2.24, 2.45) is 0 Å². The average Bonchev–Trinajstić information content (AvgIpc) is 3.15. The maximum absolute atomic E-state index is 14.0. The van der Waals surface area contributed by atoms with Gasteiger partial charge in [0.2, 0.25) is 12.3 Å². The Morgan fingerprint density at radius 3 is 2.71 bits per heavy atom. The highest BCUT2D eigenvalue weighted by Crippen LogP contribution is 2.24. The lowest BCUT2D eigenvalue weighted by Crippen LogP contribution is -2.30. The molecule has 0 unspecified atom stereocenters. The Bertz CT molecular complexity index is 849. The number of benzene rings is 2. The normalized spacial score (nSPS) is 12.0. The number of rotatable bonds is 4. The van der Waals surface area contributed by atoms with Crippen molar-refractivity contribution in [2.45, 2.75) is 13.0 Å². The molecule has 0 saturated heterocycles. The van der Waals surface area contributed by atoms with Gasteiger partial charge in [-0.05, 0) is 31.2 Å². The van der Waals surface area contributed by atoms with Crippen LogP contribution >= 0.6 is 0 Å². The van der Waals surface area contributed by atoms with E-state index in [0.29, 0.717) is 22.6 Å². The Hall–Kier alpha value is -3.02. The van der Waals surface area contributed by atoms with Crippen LogP contribution in [-0.2, 0) is 0 Å². The molecule has 122 valence electrons. The average molecular weight is 325 g/mol. The molecule has 6 heteroatoms. The molecule has 5 nitrogen and oxygen atoms in total. The maximum atomic E-state index is 14.0. The summed E-state index contributed by atoms with van der Waals surface area (Å²) in [6, 6.07) is 13.0. The minimum atomic E-state index is -0.397. The number of carbonyl (C=O) groups excluding carboxylic acids is 1. The fourth-order valence-corrected chi connectivity index (χ4v) is 2.49. The first kappa shape index (κ1) is 15.9. The van der Waals surface area contributed by atoms with Crippen molar-refractivity contribution < 1.29 is 13.6 Å². The Morgan fingerprint density at radius 2 is 2.00 bits per heavy atom. The van der Waals surface area contributed by atoms with E-state index >= 15 is 0 Å². The number of hydrogen-bond donors (Lipinski definition) is 0. The van der Waals surface area contributed by atoms with Gasteiger partial charge in [-0.3, -0.25) is 4.79 Å². The van der Waals surface area contributed by atoms with Crippen molar-refractivity contribution in [1.29, 1.82) is 0 Å². The zero-order valence-corrected chi connectivity index (χ0v) is 13.3. The Kier molecular flexibility index (Phi) is 4.37. The molecule has 1 amide bonds. The monoisotopic (exact) mass is 325 g/mol. The fraction of sp³-hybridized carbons (Fsp3) is 0.167. The molecule has 1 aromatic heterocycles. The van der Waals surface area contributed by atoms with E-state index in [4.69, 9.17) is 4.42 Å². The van der Waals surface area contributed by atoms with Crippen molar-refractivity contribution in [3.8, 4) is 11.5 Å². The molecular weight excluding hydrogens is 309 g/mol. The maximum Gasteiger partial charge on any atom is 0.254 e. The summed E-state index contributed by atoms with van der Waals surface area (Å²) < 4.78 is 19.1. The van der Waals surface area contributed by atoms with E-state index < -0.39 is 6.04 Å². The summed E-state index contributed by atoms with van der Waals surface area (Å²) in [7, 11) is 1.65. The highest BCUT2D eigenvalue weighted by molar-refractivity contribution is 5.95. The molecule has 0 radical (unpaired) electrons. The predicted molar refractivity (Wildman–Crippen MR) is 86.6 cm³/mol. The molecule has 3 aromatic rings. The van der Waals surface area contributed by atoms with Gasteiger partial charge in [-0.25, -0.2) is 4.39 Å². The van der Waals surface area contributed by atoms with Crippen LogP contribution in [0.25, 0.3) is 11.5 Å². The fourth-order valence-electron chi connectivity index (χ4n) is 2.49. The van der Waals surface area contributed by atoms with E-state index in [1.54, 1.807) is 56.4 Å². The molecule has 24 heavy (non-hydrogen) atoms. The first-order valence-electron chi connectivity index (χ1n) is 7.46. The van der Waals surface area contributed by atoms with E-state index in [2.05, 4.69) is 10.2 Å². The predicted octanol–water partition coefficient (Wildman–Crippen LogP) is 3.71. The smallest absolute Gasteiger partial charge is 0.254 e. The van der Waals surface area contributed by atoms with Gasteiger partial charge in [-0.1, -0.05) is 24.3 Å². The highest BCUT2D eigenvalue weighted by atomic mass is 19.1. The van der Waals surface area contributed by atoms with Crippen LogP contribution in [0.5, 0.6) is 0 Å². The number of nitrogens with zero attached hydrogens (tertiary/aromatic N) is 3. The van der Waals surface area contributed by atoms with Crippen LogP contribution in [0.1, 0.15) is 28.9 Å². The van der Waals surface area contributed by atoms with E-state index in [9.17, 15) is 9.18 Å². The molecule has 0 aliphatic rings. The van der Waals surface area contributed by atoms with Crippen LogP contribution in [-0.4, -0.2) is 28.1 Å².